The molecule has 0 spiro atoms. The molecule has 37 heavy (non-hydrogen) atoms. The number of hydrogen-bond donors (Lipinski definition) is 0. The average molecular weight is 483 g/mol. The summed E-state index contributed by atoms with van der Waals surface area (Å²) in [6.07, 6.45) is 6.74. The second kappa shape index (κ2) is 8.38. The third-order valence-electron chi connectivity index (χ3n) is 7.98. The van der Waals surface area contributed by atoms with E-state index in [0.717, 1.165) is 58.3 Å². The van der Waals surface area contributed by atoms with E-state index in [1.54, 1.807) is 0 Å². The molecule has 4 nitrogen and oxygen atoms in total. The topological polar surface area (TPSA) is 42.3 Å². The number of hydrogen-bond acceptors (Lipinski definition) is 3. The van der Waals surface area contributed by atoms with Gasteiger partial charge in [-0.1, -0.05) is 43.5 Å². The highest BCUT2D eigenvalue weighted by Gasteiger charge is 2.40. The SMILES string of the molecule is C=CC1=NC(=C)CC2C(CCc3ccc4c(oc5nc(C)ccc54)c31)c1ccccc1-c1cccc[n+]12. The number of aromatic nitrogens is 2. The molecule has 3 aromatic heterocycles. The molecule has 2 aliphatic rings. The minimum absolute atomic E-state index is 0.247. The molecule has 0 amide bonds. The van der Waals surface area contributed by atoms with Gasteiger partial charge in [-0.3, -0.25) is 4.99 Å². The number of aliphatic imine (C=N–C) groups is 1. The molecule has 0 fully saturated rings. The van der Waals surface area contributed by atoms with Crippen LogP contribution in [-0.2, 0) is 6.42 Å². The zero-order valence-corrected chi connectivity index (χ0v) is 20.9. The van der Waals surface area contributed by atoms with E-state index in [4.69, 9.17) is 9.41 Å². The van der Waals surface area contributed by atoms with Gasteiger partial charge in [0, 0.05) is 51.3 Å². The monoisotopic (exact) mass is 482 g/mol. The Morgan fingerprint density at radius 1 is 1.00 bits per heavy atom. The van der Waals surface area contributed by atoms with Gasteiger partial charge in [-0.25, -0.2) is 4.98 Å². The second-order valence-electron chi connectivity index (χ2n) is 10.1. The van der Waals surface area contributed by atoms with E-state index in [9.17, 15) is 0 Å². The number of aryl methyl sites for hydroxylation is 2. The summed E-state index contributed by atoms with van der Waals surface area (Å²) in [4.78, 5) is 9.72. The van der Waals surface area contributed by atoms with Crippen LogP contribution < -0.4 is 4.57 Å². The van der Waals surface area contributed by atoms with Crippen LogP contribution in [0.3, 0.4) is 0 Å². The molecule has 2 aliphatic heterocycles. The molecule has 2 unspecified atom stereocenters. The predicted octanol–water partition coefficient (Wildman–Crippen LogP) is 7.41. The Hall–Kier alpha value is -4.31. The van der Waals surface area contributed by atoms with Crippen LogP contribution in [-0.4, -0.2) is 10.7 Å². The summed E-state index contributed by atoms with van der Waals surface area (Å²) in [7, 11) is 0. The van der Waals surface area contributed by atoms with Gasteiger partial charge in [0.25, 0.3) is 0 Å². The molecular formula is C33H28N3O+. The van der Waals surface area contributed by atoms with Crippen molar-refractivity contribution in [2.24, 2.45) is 4.99 Å². The van der Waals surface area contributed by atoms with Crippen molar-refractivity contribution >= 4 is 27.8 Å². The molecule has 7 rings (SSSR count). The van der Waals surface area contributed by atoms with Gasteiger partial charge in [0.05, 0.1) is 12.1 Å². The summed E-state index contributed by atoms with van der Waals surface area (Å²) >= 11 is 0. The van der Waals surface area contributed by atoms with Crippen molar-refractivity contribution in [3.63, 3.8) is 0 Å². The molecule has 0 aliphatic carbocycles. The molecule has 4 heteroatoms. The maximum absolute atomic E-state index is 6.40. The number of benzene rings is 2. The highest BCUT2D eigenvalue weighted by molar-refractivity contribution is 6.19. The van der Waals surface area contributed by atoms with Crippen LogP contribution in [0.15, 0.2) is 107 Å². The van der Waals surface area contributed by atoms with E-state index in [2.05, 4.69) is 89.6 Å². The van der Waals surface area contributed by atoms with E-state index in [1.165, 1.54) is 22.4 Å². The molecular weight excluding hydrogens is 454 g/mol. The smallest absolute Gasteiger partial charge is 0.227 e. The van der Waals surface area contributed by atoms with Crippen molar-refractivity contribution < 1.29 is 8.98 Å². The quantitative estimate of drug-likeness (QED) is 0.234. The first-order valence-electron chi connectivity index (χ1n) is 12.9. The van der Waals surface area contributed by atoms with Crippen LogP contribution in [0.1, 0.15) is 47.2 Å². The van der Waals surface area contributed by atoms with Crippen LogP contribution in [0.2, 0.25) is 0 Å². The lowest BCUT2D eigenvalue weighted by molar-refractivity contribution is -0.718. The van der Waals surface area contributed by atoms with Crippen LogP contribution in [0.4, 0.5) is 0 Å². The lowest BCUT2D eigenvalue weighted by atomic mass is 9.77. The molecule has 2 aromatic carbocycles. The Balaban J connectivity index is 1.44. The van der Waals surface area contributed by atoms with Crippen molar-refractivity contribution in [3.05, 3.63) is 120 Å². The van der Waals surface area contributed by atoms with Crippen LogP contribution in [0.5, 0.6) is 0 Å². The average Bonchev–Trinajstić information content (AvgIpc) is 3.28. The molecule has 0 saturated carbocycles. The summed E-state index contributed by atoms with van der Waals surface area (Å²) in [5.41, 5.74) is 10.3. The van der Waals surface area contributed by atoms with Crippen molar-refractivity contribution in [2.45, 2.75) is 38.1 Å². The van der Waals surface area contributed by atoms with Crippen molar-refractivity contribution in [1.29, 1.82) is 0 Å². The van der Waals surface area contributed by atoms with Crippen LogP contribution in [0.25, 0.3) is 33.3 Å². The third-order valence-corrected chi connectivity index (χ3v) is 7.98. The van der Waals surface area contributed by atoms with Gasteiger partial charge in [-0.15, -0.1) is 0 Å². The Labute approximate surface area is 216 Å². The van der Waals surface area contributed by atoms with Gasteiger partial charge in [-0.05, 0) is 61.2 Å². The molecule has 2 atom stereocenters. The van der Waals surface area contributed by atoms with Gasteiger partial charge in [-0.2, -0.15) is 4.57 Å². The maximum Gasteiger partial charge on any atom is 0.227 e. The molecule has 180 valence electrons. The highest BCUT2D eigenvalue weighted by Crippen LogP contribution is 2.44. The van der Waals surface area contributed by atoms with Gasteiger partial charge >= 0.3 is 0 Å². The first kappa shape index (κ1) is 21.9. The zero-order chi connectivity index (χ0) is 25.1. The van der Waals surface area contributed by atoms with Gasteiger partial charge in [0.15, 0.2) is 12.2 Å². The normalized spacial score (nSPS) is 18.9. The molecule has 0 radical (unpaired) electrons. The minimum Gasteiger partial charge on any atom is -0.437 e. The molecule has 5 aromatic rings. The minimum atomic E-state index is 0.247. The summed E-state index contributed by atoms with van der Waals surface area (Å²) in [6.45, 7) is 10.5. The summed E-state index contributed by atoms with van der Waals surface area (Å²) < 4.78 is 8.83. The number of allylic oxidation sites excluding steroid dienone is 2. The fourth-order valence-corrected chi connectivity index (χ4v) is 6.33. The first-order chi connectivity index (χ1) is 18.1. The van der Waals surface area contributed by atoms with Crippen molar-refractivity contribution in [3.8, 4) is 11.3 Å². The van der Waals surface area contributed by atoms with E-state index in [-0.39, 0.29) is 6.04 Å². The highest BCUT2D eigenvalue weighted by atomic mass is 16.3. The summed E-state index contributed by atoms with van der Waals surface area (Å²) in [5.74, 6) is 0.344. The lowest BCUT2D eigenvalue weighted by Gasteiger charge is -2.31. The lowest BCUT2D eigenvalue weighted by Crippen LogP contribution is -2.47. The van der Waals surface area contributed by atoms with E-state index < -0.39 is 0 Å². The Bertz CT molecular complexity index is 1770. The van der Waals surface area contributed by atoms with Crippen LogP contribution >= 0.6 is 0 Å². The standard InChI is InChI=1S/C33H28N3O/c1-4-28-31-22(14-17-26-27-15-12-20(2)35-33(27)37-32(26)31)13-16-25-23-9-5-6-10-24(23)29-11-7-8-18-36(29)30(25)19-21(3)34-28/h4-12,14-15,17-18,25,30H,1,3,13,16,19H2,2H3/q+1. The Kier molecular flexibility index (Phi) is 4.97. The fourth-order valence-electron chi connectivity index (χ4n) is 6.33. The number of furan rings is 1. The maximum atomic E-state index is 6.40. The first-order valence-corrected chi connectivity index (χ1v) is 12.9. The van der Waals surface area contributed by atoms with Crippen molar-refractivity contribution in [1.82, 2.24) is 4.98 Å². The molecule has 0 saturated heterocycles. The van der Waals surface area contributed by atoms with Gasteiger partial charge < -0.3 is 4.42 Å². The van der Waals surface area contributed by atoms with Gasteiger partial charge in [0.2, 0.25) is 11.4 Å². The van der Waals surface area contributed by atoms with E-state index >= 15 is 0 Å². The van der Waals surface area contributed by atoms with Crippen molar-refractivity contribution in [2.75, 3.05) is 0 Å². The molecule has 0 bridgehead atoms. The number of nitrogens with zero attached hydrogens (tertiary/aromatic N) is 3. The zero-order valence-electron chi connectivity index (χ0n) is 20.9. The number of rotatable bonds is 1. The van der Waals surface area contributed by atoms with Crippen LogP contribution in [0, 0.1) is 6.92 Å². The largest absolute Gasteiger partial charge is 0.437 e. The Morgan fingerprint density at radius 2 is 1.84 bits per heavy atom. The second-order valence-corrected chi connectivity index (χ2v) is 10.1. The van der Waals surface area contributed by atoms with E-state index in [0.29, 0.717) is 11.6 Å². The Morgan fingerprint density at radius 3 is 2.73 bits per heavy atom. The predicted molar refractivity (Wildman–Crippen MR) is 149 cm³/mol. The van der Waals surface area contributed by atoms with E-state index in [1.807, 2.05) is 19.1 Å². The molecule has 5 heterocycles. The fraction of sp³-hybridized carbons (Fsp3) is 0.182. The number of pyridine rings is 2. The summed E-state index contributed by atoms with van der Waals surface area (Å²) in [6, 6.07) is 24.1. The third kappa shape index (κ3) is 3.40. The number of fused-ring (bicyclic) bond motifs is 11. The van der Waals surface area contributed by atoms with Gasteiger partial charge in [0.1, 0.15) is 5.58 Å². The summed E-state index contributed by atoms with van der Waals surface area (Å²) in [5, 5.41) is 2.08. The molecule has 0 N–H and O–H groups in total.